The van der Waals surface area contributed by atoms with Gasteiger partial charge < -0.3 is 9.72 Å². The van der Waals surface area contributed by atoms with Crippen LogP contribution in [0.5, 0.6) is 0 Å². The Bertz CT molecular complexity index is 397. The lowest BCUT2D eigenvalue weighted by Crippen LogP contribution is -2.17. The molecule has 0 saturated heterocycles. The van der Waals surface area contributed by atoms with Gasteiger partial charge in [-0.1, -0.05) is 0 Å². The van der Waals surface area contributed by atoms with Crippen LogP contribution in [0, 0.1) is 6.92 Å². The van der Waals surface area contributed by atoms with Crippen molar-refractivity contribution in [2.75, 3.05) is 7.11 Å². The summed E-state index contributed by atoms with van der Waals surface area (Å²) in [5.41, 5.74) is 0.326. The zero-order chi connectivity index (χ0) is 10.0. The van der Waals surface area contributed by atoms with Crippen molar-refractivity contribution in [2.24, 2.45) is 0 Å². The fraction of sp³-hybridized carbons (Fsp3) is 0.250. The molecule has 0 atom stereocenters. The monoisotopic (exact) mass is 245 g/mol. The number of nitrogens with one attached hydrogen (secondary N) is 1. The van der Waals surface area contributed by atoms with Crippen molar-refractivity contribution < 1.29 is 9.53 Å². The van der Waals surface area contributed by atoms with Gasteiger partial charge in [-0.15, -0.1) is 0 Å². The second-order valence-electron chi connectivity index (χ2n) is 2.50. The topological polar surface area (TPSA) is 59.2 Å². The zero-order valence-corrected chi connectivity index (χ0v) is 8.77. The largest absolute Gasteiger partial charge is 0.465 e. The molecular weight excluding hydrogens is 238 g/mol. The highest BCUT2D eigenvalue weighted by Gasteiger charge is 2.15. The Morgan fingerprint density at radius 2 is 2.23 bits per heavy atom. The number of carbonyl (C=O) groups excluding carboxylic acids is 1. The van der Waals surface area contributed by atoms with E-state index in [0.29, 0.717) is 10.3 Å². The normalized spacial score (nSPS) is 9.77. The average molecular weight is 246 g/mol. The van der Waals surface area contributed by atoms with E-state index in [1.54, 1.807) is 6.92 Å². The maximum absolute atomic E-state index is 11.3. The van der Waals surface area contributed by atoms with Gasteiger partial charge in [-0.3, -0.25) is 4.79 Å². The third kappa shape index (κ3) is 1.98. The van der Waals surface area contributed by atoms with Gasteiger partial charge in [0.2, 0.25) is 0 Å². The number of carbonyl (C=O) groups is 1. The number of aromatic nitrogens is 1. The molecule has 0 saturated carbocycles. The van der Waals surface area contributed by atoms with Crippen LogP contribution in [0.4, 0.5) is 0 Å². The first-order valence-corrected chi connectivity index (χ1v) is 4.33. The Kier molecular flexibility index (Phi) is 2.87. The van der Waals surface area contributed by atoms with E-state index in [1.165, 1.54) is 13.2 Å². The minimum atomic E-state index is -0.645. The van der Waals surface area contributed by atoms with Crippen LogP contribution < -0.4 is 5.43 Å². The Balaban J connectivity index is 3.38. The summed E-state index contributed by atoms with van der Waals surface area (Å²) in [6.45, 7) is 1.73. The molecule has 0 aliphatic rings. The molecule has 1 heterocycles. The molecule has 0 unspecified atom stereocenters. The Morgan fingerprint density at radius 1 is 1.62 bits per heavy atom. The summed E-state index contributed by atoms with van der Waals surface area (Å²) in [5, 5.41) is 0. The SMILES string of the molecule is COC(=O)c1c(Br)[nH]c(C)cc1=O. The summed E-state index contributed by atoms with van der Waals surface area (Å²) in [6, 6.07) is 1.34. The highest BCUT2D eigenvalue weighted by Crippen LogP contribution is 2.10. The van der Waals surface area contributed by atoms with Gasteiger partial charge in [0, 0.05) is 11.8 Å². The first kappa shape index (κ1) is 9.98. The van der Waals surface area contributed by atoms with Crippen LogP contribution in [-0.2, 0) is 4.74 Å². The molecule has 13 heavy (non-hydrogen) atoms. The smallest absolute Gasteiger partial charge is 0.344 e. The molecule has 70 valence electrons. The predicted molar refractivity (Wildman–Crippen MR) is 50.8 cm³/mol. The summed E-state index contributed by atoms with van der Waals surface area (Å²) in [7, 11) is 1.23. The van der Waals surface area contributed by atoms with Crippen LogP contribution in [0.1, 0.15) is 16.1 Å². The van der Waals surface area contributed by atoms with Crippen LogP contribution >= 0.6 is 15.9 Å². The molecule has 0 fully saturated rings. The van der Waals surface area contributed by atoms with E-state index in [1.807, 2.05) is 0 Å². The van der Waals surface area contributed by atoms with Gasteiger partial charge >= 0.3 is 5.97 Å². The average Bonchev–Trinajstić information content (AvgIpc) is 2.02. The molecule has 5 heteroatoms. The number of ether oxygens (including phenoxy) is 1. The molecule has 0 radical (unpaired) electrons. The zero-order valence-electron chi connectivity index (χ0n) is 7.18. The van der Waals surface area contributed by atoms with Crippen LogP contribution in [0.2, 0.25) is 0 Å². The summed E-state index contributed by atoms with van der Waals surface area (Å²) in [5.74, 6) is -0.645. The van der Waals surface area contributed by atoms with Gasteiger partial charge in [-0.2, -0.15) is 0 Å². The lowest BCUT2D eigenvalue weighted by molar-refractivity contribution is 0.0597. The first-order valence-electron chi connectivity index (χ1n) is 3.54. The van der Waals surface area contributed by atoms with E-state index in [0.717, 1.165) is 0 Å². The van der Waals surface area contributed by atoms with Crippen LogP contribution in [0.25, 0.3) is 0 Å². The predicted octanol–water partition coefficient (Wildman–Crippen LogP) is 1.23. The third-order valence-corrected chi connectivity index (χ3v) is 2.10. The second kappa shape index (κ2) is 3.74. The van der Waals surface area contributed by atoms with E-state index >= 15 is 0 Å². The molecule has 0 aliphatic heterocycles. The van der Waals surface area contributed by atoms with Gasteiger partial charge in [0.25, 0.3) is 0 Å². The number of hydrogen-bond acceptors (Lipinski definition) is 3. The van der Waals surface area contributed by atoms with Gasteiger partial charge in [-0.05, 0) is 22.9 Å². The fourth-order valence-electron chi connectivity index (χ4n) is 0.941. The van der Waals surface area contributed by atoms with Crippen molar-refractivity contribution in [3.8, 4) is 0 Å². The molecule has 0 amide bonds. The van der Waals surface area contributed by atoms with Crippen molar-refractivity contribution in [2.45, 2.75) is 6.92 Å². The Labute approximate surface area is 83.1 Å². The number of hydrogen-bond donors (Lipinski definition) is 1. The molecule has 0 aromatic carbocycles. The maximum atomic E-state index is 11.3. The second-order valence-corrected chi connectivity index (χ2v) is 3.29. The van der Waals surface area contributed by atoms with Gasteiger partial charge in [-0.25, -0.2) is 4.79 Å². The van der Waals surface area contributed by atoms with Crippen LogP contribution in [0.3, 0.4) is 0 Å². The number of aryl methyl sites for hydroxylation is 1. The third-order valence-electron chi connectivity index (χ3n) is 1.51. The van der Waals surface area contributed by atoms with E-state index in [9.17, 15) is 9.59 Å². The van der Waals surface area contributed by atoms with E-state index < -0.39 is 5.97 Å². The lowest BCUT2D eigenvalue weighted by atomic mass is 10.2. The van der Waals surface area contributed by atoms with E-state index in [2.05, 4.69) is 25.7 Å². The molecule has 4 nitrogen and oxygen atoms in total. The van der Waals surface area contributed by atoms with Crippen molar-refractivity contribution in [3.05, 3.63) is 32.2 Å². The van der Waals surface area contributed by atoms with Gasteiger partial charge in [0.15, 0.2) is 5.43 Å². The Morgan fingerprint density at radius 3 is 2.69 bits per heavy atom. The molecule has 1 aromatic rings. The number of aromatic amines is 1. The van der Waals surface area contributed by atoms with Crippen LogP contribution in [-0.4, -0.2) is 18.1 Å². The van der Waals surface area contributed by atoms with E-state index in [-0.39, 0.29) is 11.0 Å². The summed E-state index contributed by atoms with van der Waals surface area (Å²) in [4.78, 5) is 25.2. The van der Waals surface area contributed by atoms with Crippen molar-refractivity contribution in [1.29, 1.82) is 0 Å². The molecule has 1 N–H and O–H groups in total. The number of rotatable bonds is 1. The first-order chi connectivity index (χ1) is 6.06. The molecular formula is C8H8BrNO3. The fourth-order valence-corrected chi connectivity index (χ4v) is 1.61. The Hall–Kier alpha value is -1.10. The highest BCUT2D eigenvalue weighted by atomic mass is 79.9. The molecule has 1 aromatic heterocycles. The number of methoxy groups -OCH3 is 1. The molecule has 0 spiro atoms. The maximum Gasteiger partial charge on any atom is 0.344 e. The summed E-state index contributed by atoms with van der Waals surface area (Å²) < 4.78 is 4.80. The van der Waals surface area contributed by atoms with E-state index in [4.69, 9.17) is 0 Å². The highest BCUT2D eigenvalue weighted by molar-refractivity contribution is 9.10. The summed E-state index contributed by atoms with van der Waals surface area (Å²) >= 11 is 3.08. The molecule has 1 rings (SSSR count). The van der Waals surface area contributed by atoms with Crippen molar-refractivity contribution >= 4 is 21.9 Å². The standard InChI is InChI=1S/C8H8BrNO3/c1-4-3-5(11)6(7(9)10-4)8(12)13-2/h3H,1-2H3,(H,10,11). The van der Waals surface area contributed by atoms with Gasteiger partial charge in [0.1, 0.15) is 10.2 Å². The minimum Gasteiger partial charge on any atom is -0.465 e. The lowest BCUT2D eigenvalue weighted by Gasteiger charge is -2.02. The quantitative estimate of drug-likeness (QED) is 0.598. The molecule has 0 aliphatic carbocycles. The summed E-state index contributed by atoms with van der Waals surface area (Å²) in [6.07, 6.45) is 0. The molecule has 0 bridgehead atoms. The number of halogens is 1. The van der Waals surface area contributed by atoms with Crippen molar-refractivity contribution in [1.82, 2.24) is 4.98 Å². The van der Waals surface area contributed by atoms with Gasteiger partial charge in [0.05, 0.1) is 7.11 Å². The number of pyridine rings is 1. The minimum absolute atomic E-state index is 0.00639. The van der Waals surface area contributed by atoms with Crippen molar-refractivity contribution in [3.63, 3.8) is 0 Å². The number of esters is 1. The number of H-pyrrole nitrogens is 1. The van der Waals surface area contributed by atoms with Crippen LogP contribution in [0.15, 0.2) is 15.5 Å².